The molecule has 0 radical (unpaired) electrons. The molecule has 0 spiro atoms. The minimum atomic E-state index is -0.798. The Morgan fingerprint density at radius 2 is 2.21 bits per heavy atom. The van der Waals surface area contributed by atoms with Crippen LogP contribution in [0.5, 0.6) is 0 Å². The van der Waals surface area contributed by atoms with Gasteiger partial charge in [-0.25, -0.2) is 0 Å². The van der Waals surface area contributed by atoms with Crippen molar-refractivity contribution in [2.45, 2.75) is 26.2 Å². The van der Waals surface area contributed by atoms with Gasteiger partial charge in [0.2, 0.25) is 5.91 Å². The van der Waals surface area contributed by atoms with E-state index in [0.717, 1.165) is 4.88 Å². The summed E-state index contributed by atoms with van der Waals surface area (Å²) in [6.45, 7) is 4.90. The van der Waals surface area contributed by atoms with Crippen LogP contribution in [-0.4, -0.2) is 35.0 Å². The average Bonchev–Trinajstić information content (AvgIpc) is 2.90. The Morgan fingerprint density at radius 1 is 1.47 bits per heavy atom. The quantitative estimate of drug-likeness (QED) is 0.925. The van der Waals surface area contributed by atoms with Gasteiger partial charge in [0.1, 0.15) is 0 Å². The highest BCUT2D eigenvalue weighted by Crippen LogP contribution is 2.27. The van der Waals surface area contributed by atoms with Crippen LogP contribution in [0.2, 0.25) is 0 Å². The lowest BCUT2D eigenvalue weighted by molar-refractivity contribution is -0.147. The molecule has 1 fully saturated rings. The van der Waals surface area contributed by atoms with Gasteiger partial charge in [0.15, 0.2) is 0 Å². The third-order valence-corrected chi connectivity index (χ3v) is 4.72. The number of amides is 1. The van der Waals surface area contributed by atoms with E-state index < -0.39 is 11.9 Å². The second-order valence-corrected chi connectivity index (χ2v) is 6.34. The number of nitrogens with zero attached hydrogens (tertiary/aromatic N) is 1. The smallest absolute Gasteiger partial charge is 0.308 e. The van der Waals surface area contributed by atoms with Crippen LogP contribution < -0.4 is 0 Å². The Balaban J connectivity index is 2.08. The Labute approximate surface area is 117 Å². The van der Waals surface area contributed by atoms with Gasteiger partial charge in [0.25, 0.3) is 0 Å². The molecule has 0 aliphatic carbocycles. The molecule has 19 heavy (non-hydrogen) atoms. The van der Waals surface area contributed by atoms with Crippen molar-refractivity contribution in [3.63, 3.8) is 0 Å². The van der Waals surface area contributed by atoms with E-state index in [4.69, 9.17) is 5.11 Å². The predicted octanol–water partition coefficient (Wildman–Crippen LogP) is 2.42. The molecule has 5 heteroatoms. The molecule has 1 aliphatic rings. The van der Waals surface area contributed by atoms with Crippen LogP contribution >= 0.6 is 11.3 Å². The van der Waals surface area contributed by atoms with Crippen molar-refractivity contribution < 1.29 is 14.7 Å². The van der Waals surface area contributed by atoms with Crippen molar-refractivity contribution in [1.82, 2.24) is 4.90 Å². The molecule has 2 heterocycles. The lowest BCUT2D eigenvalue weighted by Crippen LogP contribution is -2.46. The summed E-state index contributed by atoms with van der Waals surface area (Å²) in [6, 6.07) is 3.89. The summed E-state index contributed by atoms with van der Waals surface area (Å²) >= 11 is 1.57. The van der Waals surface area contributed by atoms with Gasteiger partial charge in [0, 0.05) is 18.0 Å². The third kappa shape index (κ3) is 3.15. The molecule has 1 aliphatic heterocycles. The van der Waals surface area contributed by atoms with Crippen LogP contribution in [0.15, 0.2) is 17.5 Å². The number of hydrogen-bond acceptors (Lipinski definition) is 3. The number of carboxylic acid groups (broad SMARTS) is 1. The van der Waals surface area contributed by atoms with E-state index in [1.54, 1.807) is 16.2 Å². The van der Waals surface area contributed by atoms with E-state index in [2.05, 4.69) is 0 Å². The van der Waals surface area contributed by atoms with Crippen molar-refractivity contribution in [2.24, 2.45) is 11.8 Å². The fraction of sp³-hybridized carbons (Fsp3) is 0.571. The molecule has 2 rings (SSSR count). The summed E-state index contributed by atoms with van der Waals surface area (Å²) in [4.78, 5) is 26.3. The molecule has 0 saturated carbocycles. The minimum absolute atomic E-state index is 0.0419. The van der Waals surface area contributed by atoms with Gasteiger partial charge in [-0.3, -0.25) is 9.59 Å². The van der Waals surface area contributed by atoms with Crippen molar-refractivity contribution in [3.05, 3.63) is 22.4 Å². The van der Waals surface area contributed by atoms with Crippen molar-refractivity contribution >= 4 is 23.2 Å². The largest absolute Gasteiger partial charge is 0.481 e. The number of carboxylic acids is 1. The van der Waals surface area contributed by atoms with Gasteiger partial charge in [-0.1, -0.05) is 13.0 Å². The van der Waals surface area contributed by atoms with Crippen LogP contribution in [0.4, 0.5) is 0 Å². The van der Waals surface area contributed by atoms with Crippen LogP contribution in [0.25, 0.3) is 0 Å². The summed E-state index contributed by atoms with van der Waals surface area (Å²) in [7, 11) is 0. The molecular formula is C14H19NO3S. The Kier molecular flexibility index (Phi) is 4.24. The molecule has 4 nitrogen and oxygen atoms in total. The number of aliphatic carboxylic acids is 1. The zero-order valence-electron chi connectivity index (χ0n) is 11.2. The lowest BCUT2D eigenvalue weighted by Gasteiger charge is -2.36. The van der Waals surface area contributed by atoms with E-state index >= 15 is 0 Å². The van der Waals surface area contributed by atoms with Gasteiger partial charge >= 0.3 is 5.97 Å². The van der Waals surface area contributed by atoms with E-state index in [9.17, 15) is 9.59 Å². The standard InChI is InChI=1S/C14H19NO3S/c1-9-6-11(14(17)18)8-15(7-9)13(16)10(2)12-4-3-5-19-12/h3-5,9-11H,6-8H2,1-2H3,(H,17,18). The number of piperidine rings is 1. The zero-order valence-corrected chi connectivity index (χ0v) is 12.0. The number of hydrogen-bond donors (Lipinski definition) is 1. The summed E-state index contributed by atoms with van der Waals surface area (Å²) in [6.07, 6.45) is 0.659. The molecule has 1 amide bonds. The van der Waals surface area contributed by atoms with Crippen LogP contribution in [0.1, 0.15) is 31.1 Å². The van der Waals surface area contributed by atoms with Gasteiger partial charge in [-0.2, -0.15) is 0 Å². The van der Waals surface area contributed by atoms with Crippen LogP contribution in [0.3, 0.4) is 0 Å². The molecule has 1 aromatic rings. The number of carbonyl (C=O) groups is 2. The van der Waals surface area contributed by atoms with Gasteiger partial charge in [-0.15, -0.1) is 11.3 Å². The van der Waals surface area contributed by atoms with Crippen molar-refractivity contribution in [1.29, 1.82) is 0 Å². The van der Waals surface area contributed by atoms with Crippen molar-refractivity contribution in [3.8, 4) is 0 Å². The summed E-state index contributed by atoms with van der Waals surface area (Å²) < 4.78 is 0. The van der Waals surface area contributed by atoms with E-state index in [1.165, 1.54) is 0 Å². The first-order valence-corrected chi connectivity index (χ1v) is 7.42. The van der Waals surface area contributed by atoms with E-state index in [0.29, 0.717) is 19.5 Å². The first-order chi connectivity index (χ1) is 8.99. The van der Waals surface area contributed by atoms with E-state index in [-0.39, 0.29) is 17.7 Å². The first-order valence-electron chi connectivity index (χ1n) is 6.54. The lowest BCUT2D eigenvalue weighted by atomic mass is 9.89. The maximum Gasteiger partial charge on any atom is 0.308 e. The molecule has 1 aromatic heterocycles. The van der Waals surface area contributed by atoms with Gasteiger partial charge in [-0.05, 0) is 30.7 Å². The minimum Gasteiger partial charge on any atom is -0.481 e. The van der Waals surface area contributed by atoms with E-state index in [1.807, 2.05) is 31.4 Å². The van der Waals surface area contributed by atoms with Gasteiger partial charge in [0.05, 0.1) is 11.8 Å². The fourth-order valence-electron chi connectivity index (χ4n) is 2.64. The maximum atomic E-state index is 12.4. The molecule has 3 atom stereocenters. The van der Waals surface area contributed by atoms with Crippen LogP contribution in [0, 0.1) is 11.8 Å². The second-order valence-electron chi connectivity index (χ2n) is 5.36. The Hall–Kier alpha value is -1.36. The number of rotatable bonds is 3. The highest BCUT2D eigenvalue weighted by Gasteiger charge is 2.33. The summed E-state index contributed by atoms with van der Waals surface area (Å²) in [5.74, 6) is -1.12. The number of carbonyl (C=O) groups excluding carboxylic acids is 1. The molecule has 1 N–H and O–H groups in total. The predicted molar refractivity (Wildman–Crippen MR) is 74.2 cm³/mol. The molecule has 104 valence electrons. The molecule has 0 bridgehead atoms. The highest BCUT2D eigenvalue weighted by molar-refractivity contribution is 7.10. The van der Waals surface area contributed by atoms with Crippen molar-refractivity contribution in [2.75, 3.05) is 13.1 Å². The zero-order chi connectivity index (χ0) is 14.0. The average molecular weight is 281 g/mol. The second kappa shape index (κ2) is 5.74. The highest BCUT2D eigenvalue weighted by atomic mass is 32.1. The third-order valence-electron chi connectivity index (χ3n) is 3.66. The van der Waals surface area contributed by atoms with Crippen LogP contribution in [-0.2, 0) is 9.59 Å². The topological polar surface area (TPSA) is 57.6 Å². The Bertz CT molecular complexity index is 457. The van der Waals surface area contributed by atoms with Gasteiger partial charge < -0.3 is 10.0 Å². The molecule has 0 aromatic carbocycles. The molecule has 3 unspecified atom stereocenters. The summed E-state index contributed by atoms with van der Waals surface area (Å²) in [5, 5.41) is 11.1. The monoisotopic (exact) mass is 281 g/mol. The summed E-state index contributed by atoms with van der Waals surface area (Å²) in [5.41, 5.74) is 0. The normalized spacial score (nSPS) is 25.1. The molecular weight excluding hydrogens is 262 g/mol. The number of likely N-dealkylation sites (tertiary alicyclic amines) is 1. The maximum absolute atomic E-state index is 12.4. The molecule has 1 saturated heterocycles. The Morgan fingerprint density at radius 3 is 2.79 bits per heavy atom. The SMILES string of the molecule is CC1CC(C(=O)O)CN(C(=O)C(C)c2cccs2)C1. The fourth-order valence-corrected chi connectivity index (χ4v) is 3.42. The first kappa shape index (κ1) is 14.1. The number of thiophene rings is 1.